The third kappa shape index (κ3) is 4.83. The smallest absolute Gasteiger partial charge is 0.227 e. The highest BCUT2D eigenvalue weighted by Crippen LogP contribution is 2.12. The summed E-state index contributed by atoms with van der Waals surface area (Å²) in [6, 6.07) is 9.62. The molecule has 1 amide bonds. The lowest BCUT2D eigenvalue weighted by Crippen LogP contribution is -2.49. The minimum Gasteiger partial charge on any atom is -0.340 e. The maximum absolute atomic E-state index is 12.4. The number of hydrogen-bond donors (Lipinski definition) is 0. The third-order valence-corrected chi connectivity index (χ3v) is 4.98. The van der Waals surface area contributed by atoms with Crippen LogP contribution in [0.2, 0.25) is 5.02 Å². The molecule has 25 heavy (non-hydrogen) atoms. The highest BCUT2D eigenvalue weighted by atomic mass is 35.5. The molecule has 0 atom stereocenters. The van der Waals surface area contributed by atoms with Crippen LogP contribution in [0.5, 0.6) is 0 Å². The van der Waals surface area contributed by atoms with Crippen molar-refractivity contribution in [3.63, 3.8) is 0 Å². The number of nitrogens with zero attached hydrogens (tertiary/aromatic N) is 4. The van der Waals surface area contributed by atoms with Crippen LogP contribution in [-0.4, -0.2) is 58.2 Å². The maximum Gasteiger partial charge on any atom is 0.227 e. The van der Waals surface area contributed by atoms with Crippen LogP contribution in [0.4, 0.5) is 0 Å². The van der Waals surface area contributed by atoms with Gasteiger partial charge >= 0.3 is 0 Å². The Morgan fingerprint density at radius 1 is 1.08 bits per heavy atom. The lowest BCUT2D eigenvalue weighted by atomic mass is 10.1. The van der Waals surface area contributed by atoms with Gasteiger partial charge in [-0.25, -0.2) is 0 Å². The number of carbonyl (C=O) groups is 1. The summed E-state index contributed by atoms with van der Waals surface area (Å²) < 4.78 is 2.06. The van der Waals surface area contributed by atoms with E-state index in [1.165, 1.54) is 5.69 Å². The molecule has 0 unspecified atom stereocenters. The molecule has 0 spiro atoms. The fraction of sp³-hybridized carbons (Fsp3) is 0.474. The molecule has 1 aliphatic rings. The number of amides is 1. The van der Waals surface area contributed by atoms with Crippen molar-refractivity contribution in [3.05, 3.63) is 52.3 Å². The van der Waals surface area contributed by atoms with Crippen LogP contribution in [0.15, 0.2) is 30.3 Å². The summed E-state index contributed by atoms with van der Waals surface area (Å²) in [4.78, 5) is 16.8. The fourth-order valence-corrected chi connectivity index (χ4v) is 3.37. The van der Waals surface area contributed by atoms with E-state index in [1.807, 2.05) is 36.1 Å². The van der Waals surface area contributed by atoms with E-state index in [4.69, 9.17) is 11.6 Å². The SMILES string of the molecule is Cc1cc(C)n(CCN2CCN(C(=O)Cc3ccc(Cl)cc3)CC2)n1. The first-order chi connectivity index (χ1) is 12.0. The van der Waals surface area contributed by atoms with Gasteiger partial charge in [0.2, 0.25) is 5.91 Å². The topological polar surface area (TPSA) is 41.4 Å². The molecule has 1 aromatic carbocycles. The Labute approximate surface area is 154 Å². The molecule has 3 rings (SSSR count). The van der Waals surface area contributed by atoms with Crippen LogP contribution in [0.25, 0.3) is 0 Å². The number of aromatic nitrogens is 2. The second kappa shape index (κ2) is 8.02. The molecule has 1 aromatic heterocycles. The van der Waals surface area contributed by atoms with Gasteiger partial charge in [0.1, 0.15) is 0 Å². The average Bonchev–Trinajstić information content (AvgIpc) is 2.93. The molecule has 1 aliphatic heterocycles. The number of hydrogen-bond acceptors (Lipinski definition) is 3. The van der Waals surface area contributed by atoms with Crippen molar-refractivity contribution in [1.82, 2.24) is 19.6 Å². The molecular weight excluding hydrogens is 336 g/mol. The van der Waals surface area contributed by atoms with Gasteiger partial charge in [-0.2, -0.15) is 5.10 Å². The molecule has 0 N–H and O–H groups in total. The van der Waals surface area contributed by atoms with Crippen molar-refractivity contribution in [2.24, 2.45) is 0 Å². The first-order valence-corrected chi connectivity index (χ1v) is 9.15. The Morgan fingerprint density at radius 2 is 1.76 bits per heavy atom. The summed E-state index contributed by atoms with van der Waals surface area (Å²) in [6.07, 6.45) is 0.447. The van der Waals surface area contributed by atoms with Gasteiger partial charge in [0.05, 0.1) is 18.7 Å². The van der Waals surface area contributed by atoms with Crippen LogP contribution in [0.1, 0.15) is 17.0 Å². The minimum atomic E-state index is 0.195. The number of halogens is 1. The van der Waals surface area contributed by atoms with E-state index in [-0.39, 0.29) is 5.91 Å². The molecule has 134 valence electrons. The first kappa shape index (κ1) is 18.0. The molecular formula is C19H25ClN4O. The van der Waals surface area contributed by atoms with E-state index >= 15 is 0 Å². The lowest BCUT2D eigenvalue weighted by molar-refractivity contribution is -0.132. The average molecular weight is 361 g/mol. The Morgan fingerprint density at radius 3 is 2.36 bits per heavy atom. The zero-order valence-corrected chi connectivity index (χ0v) is 15.7. The number of piperazine rings is 1. The van der Waals surface area contributed by atoms with Gasteiger partial charge in [0, 0.05) is 43.4 Å². The van der Waals surface area contributed by atoms with Crippen LogP contribution in [0, 0.1) is 13.8 Å². The second-order valence-corrected chi connectivity index (χ2v) is 7.11. The predicted molar refractivity (Wildman–Crippen MR) is 99.9 cm³/mol. The van der Waals surface area contributed by atoms with Gasteiger partial charge in [-0.15, -0.1) is 0 Å². The molecule has 1 saturated heterocycles. The molecule has 2 aromatic rings. The van der Waals surface area contributed by atoms with Crippen molar-refractivity contribution in [2.75, 3.05) is 32.7 Å². The summed E-state index contributed by atoms with van der Waals surface area (Å²) in [5, 5.41) is 5.21. The zero-order valence-electron chi connectivity index (χ0n) is 14.9. The van der Waals surface area contributed by atoms with Gasteiger partial charge in [-0.3, -0.25) is 14.4 Å². The maximum atomic E-state index is 12.4. The largest absolute Gasteiger partial charge is 0.340 e. The van der Waals surface area contributed by atoms with Gasteiger partial charge in [0.25, 0.3) is 0 Å². The molecule has 5 nitrogen and oxygen atoms in total. The Balaban J connectivity index is 1.44. The van der Waals surface area contributed by atoms with E-state index in [2.05, 4.69) is 27.7 Å². The molecule has 1 fully saturated rings. The number of carbonyl (C=O) groups excluding carboxylic acids is 1. The van der Waals surface area contributed by atoms with Crippen molar-refractivity contribution < 1.29 is 4.79 Å². The van der Waals surface area contributed by atoms with Crippen LogP contribution in [0.3, 0.4) is 0 Å². The highest BCUT2D eigenvalue weighted by molar-refractivity contribution is 6.30. The molecule has 0 saturated carbocycles. The molecule has 0 aliphatic carbocycles. The predicted octanol–water partition coefficient (Wildman–Crippen LogP) is 2.54. The summed E-state index contributed by atoms with van der Waals surface area (Å²) in [7, 11) is 0. The van der Waals surface area contributed by atoms with Crippen molar-refractivity contribution >= 4 is 17.5 Å². The quantitative estimate of drug-likeness (QED) is 0.822. The summed E-state index contributed by atoms with van der Waals surface area (Å²) in [5.41, 5.74) is 3.28. The monoisotopic (exact) mass is 360 g/mol. The van der Waals surface area contributed by atoms with Gasteiger partial charge in [-0.05, 0) is 37.6 Å². The Bertz CT molecular complexity index is 718. The van der Waals surface area contributed by atoms with E-state index < -0.39 is 0 Å². The number of rotatable bonds is 5. The van der Waals surface area contributed by atoms with Crippen molar-refractivity contribution in [3.8, 4) is 0 Å². The van der Waals surface area contributed by atoms with Gasteiger partial charge < -0.3 is 4.90 Å². The first-order valence-electron chi connectivity index (χ1n) is 8.77. The van der Waals surface area contributed by atoms with E-state index in [1.54, 1.807) is 0 Å². The molecule has 0 radical (unpaired) electrons. The summed E-state index contributed by atoms with van der Waals surface area (Å²) >= 11 is 5.89. The van der Waals surface area contributed by atoms with Gasteiger partial charge in [0.15, 0.2) is 0 Å². The highest BCUT2D eigenvalue weighted by Gasteiger charge is 2.21. The summed E-state index contributed by atoms with van der Waals surface area (Å²) in [5.74, 6) is 0.195. The summed E-state index contributed by atoms with van der Waals surface area (Å²) in [6.45, 7) is 9.42. The zero-order chi connectivity index (χ0) is 17.8. The van der Waals surface area contributed by atoms with E-state index in [9.17, 15) is 4.79 Å². The fourth-order valence-electron chi connectivity index (χ4n) is 3.25. The van der Waals surface area contributed by atoms with Crippen molar-refractivity contribution in [2.45, 2.75) is 26.8 Å². The van der Waals surface area contributed by atoms with Gasteiger partial charge in [-0.1, -0.05) is 23.7 Å². The normalized spacial score (nSPS) is 15.6. The minimum absolute atomic E-state index is 0.195. The van der Waals surface area contributed by atoms with E-state index in [0.29, 0.717) is 11.4 Å². The van der Waals surface area contributed by atoms with E-state index in [0.717, 1.165) is 50.5 Å². The van der Waals surface area contributed by atoms with Crippen LogP contribution >= 0.6 is 11.6 Å². The lowest BCUT2D eigenvalue weighted by Gasteiger charge is -2.34. The third-order valence-electron chi connectivity index (χ3n) is 4.72. The van der Waals surface area contributed by atoms with Crippen LogP contribution in [-0.2, 0) is 17.8 Å². The Hall–Kier alpha value is -1.85. The molecule has 2 heterocycles. The Kier molecular flexibility index (Phi) is 5.76. The standard InChI is InChI=1S/C19H25ClN4O/c1-15-13-16(2)24(21-15)12-9-22-7-10-23(11-8-22)19(25)14-17-3-5-18(20)6-4-17/h3-6,13H,7-12,14H2,1-2H3. The van der Waals surface area contributed by atoms with Crippen LogP contribution < -0.4 is 0 Å². The molecule has 0 bridgehead atoms. The number of aryl methyl sites for hydroxylation is 2. The second-order valence-electron chi connectivity index (χ2n) is 6.68. The number of benzene rings is 1. The molecule has 6 heteroatoms. The van der Waals surface area contributed by atoms with Crippen molar-refractivity contribution in [1.29, 1.82) is 0 Å².